The summed E-state index contributed by atoms with van der Waals surface area (Å²) in [6.07, 6.45) is 3.12. The lowest BCUT2D eigenvalue weighted by atomic mass is 10.1. The van der Waals surface area contributed by atoms with Gasteiger partial charge in [-0.1, -0.05) is 18.2 Å². The Balaban J connectivity index is 1.73. The molecule has 0 radical (unpaired) electrons. The molecule has 2 N–H and O–H groups in total. The molecule has 1 unspecified atom stereocenters. The van der Waals surface area contributed by atoms with Crippen LogP contribution in [0, 0.1) is 10.8 Å². The van der Waals surface area contributed by atoms with Gasteiger partial charge in [0.05, 0.1) is 30.8 Å². The van der Waals surface area contributed by atoms with Gasteiger partial charge in [0.15, 0.2) is 0 Å². The standard InChI is InChI=1S/C26H35N5O4S/c1-5-23(36-18(2)26(32)30(11-14-33-3)12-15-34-4)21-7-9-24(27)31(29-21)25(28)17-19-6-8-22-20(16-19)10-13-35-22/h5-9,16,18,27-28H,10-15,17H2,1-4H3/b23-5-,27-24?,28-25?. The third-order valence-corrected chi connectivity index (χ3v) is 7.08. The first-order chi connectivity index (χ1) is 17.4. The van der Waals surface area contributed by atoms with Gasteiger partial charge >= 0.3 is 0 Å². The molecule has 1 amide bonds. The van der Waals surface area contributed by atoms with Gasteiger partial charge in [-0.25, -0.2) is 4.68 Å². The summed E-state index contributed by atoms with van der Waals surface area (Å²) in [6.45, 7) is 6.34. The lowest BCUT2D eigenvalue weighted by Crippen LogP contribution is -2.40. The molecule has 1 aliphatic heterocycles. The molecule has 2 aromatic rings. The van der Waals surface area contributed by atoms with E-state index in [1.54, 1.807) is 31.3 Å². The average Bonchev–Trinajstić information content (AvgIpc) is 3.35. The first kappa shape index (κ1) is 27.6. The molecule has 1 aromatic heterocycles. The fourth-order valence-electron chi connectivity index (χ4n) is 3.89. The van der Waals surface area contributed by atoms with Crippen LogP contribution in [-0.4, -0.2) is 78.8 Å². The van der Waals surface area contributed by atoms with Gasteiger partial charge in [-0.3, -0.25) is 15.6 Å². The molecule has 9 nitrogen and oxygen atoms in total. The van der Waals surface area contributed by atoms with Crippen molar-refractivity contribution in [3.63, 3.8) is 0 Å². The van der Waals surface area contributed by atoms with E-state index in [0.717, 1.165) is 28.2 Å². The number of ether oxygens (including phenoxy) is 3. The van der Waals surface area contributed by atoms with Crippen molar-refractivity contribution in [3.05, 3.63) is 58.7 Å². The van der Waals surface area contributed by atoms with E-state index in [2.05, 4.69) is 11.2 Å². The largest absolute Gasteiger partial charge is 0.493 e. The third-order valence-electron chi connectivity index (χ3n) is 5.82. The van der Waals surface area contributed by atoms with Crippen molar-refractivity contribution >= 4 is 28.4 Å². The number of carbonyl (C=O) groups excluding carboxylic acids is 1. The number of nitrogens with one attached hydrogen (secondary N) is 2. The van der Waals surface area contributed by atoms with Crippen LogP contribution in [0.15, 0.2) is 36.4 Å². The number of aromatic nitrogens is 2. The summed E-state index contributed by atoms with van der Waals surface area (Å²) >= 11 is 1.41. The second kappa shape index (κ2) is 13.4. The predicted octanol–water partition coefficient (Wildman–Crippen LogP) is 2.97. The number of allylic oxidation sites excluding steroid dienone is 1. The first-order valence-electron chi connectivity index (χ1n) is 11.9. The summed E-state index contributed by atoms with van der Waals surface area (Å²) in [4.78, 5) is 15.7. The van der Waals surface area contributed by atoms with Crippen molar-refractivity contribution < 1.29 is 19.0 Å². The minimum atomic E-state index is -0.357. The summed E-state index contributed by atoms with van der Waals surface area (Å²) in [5.41, 5.74) is 2.87. The number of thioether (sulfide) groups is 1. The van der Waals surface area contributed by atoms with Crippen LogP contribution in [0.5, 0.6) is 5.75 Å². The monoisotopic (exact) mass is 513 g/mol. The Bertz CT molecular complexity index is 1160. The van der Waals surface area contributed by atoms with Crippen LogP contribution in [0.2, 0.25) is 0 Å². The van der Waals surface area contributed by atoms with Gasteiger partial charge in [-0.2, -0.15) is 5.10 Å². The number of carbonyl (C=O) groups is 1. The Morgan fingerprint density at radius 3 is 2.64 bits per heavy atom. The Hall–Kier alpha value is -2.95. The maximum atomic E-state index is 13.1. The number of benzene rings is 1. The average molecular weight is 514 g/mol. The zero-order valence-electron chi connectivity index (χ0n) is 21.4. The third kappa shape index (κ3) is 7.05. The number of methoxy groups -OCH3 is 2. The van der Waals surface area contributed by atoms with Gasteiger partial charge in [-0.05, 0) is 43.2 Å². The summed E-state index contributed by atoms with van der Waals surface area (Å²) in [6, 6.07) is 9.34. The number of hydrogen-bond acceptors (Lipinski definition) is 8. The van der Waals surface area contributed by atoms with Crippen molar-refractivity contribution in [1.29, 1.82) is 10.8 Å². The number of hydrogen-bond donors (Lipinski definition) is 2. The number of rotatable bonds is 12. The second-order valence-electron chi connectivity index (χ2n) is 8.40. The quantitative estimate of drug-likeness (QED) is 0.333. The van der Waals surface area contributed by atoms with E-state index >= 15 is 0 Å². The fraction of sp³-hybridized carbons (Fsp3) is 0.462. The Kier molecular flexibility index (Phi) is 10.3. The highest BCUT2D eigenvalue weighted by atomic mass is 32.2. The van der Waals surface area contributed by atoms with Gasteiger partial charge < -0.3 is 19.1 Å². The van der Waals surface area contributed by atoms with E-state index in [1.807, 2.05) is 32.1 Å². The van der Waals surface area contributed by atoms with E-state index in [0.29, 0.717) is 45.0 Å². The van der Waals surface area contributed by atoms with Crippen LogP contribution >= 0.6 is 11.8 Å². The zero-order chi connectivity index (χ0) is 26.1. The Morgan fingerprint density at radius 2 is 1.97 bits per heavy atom. The van der Waals surface area contributed by atoms with Gasteiger partial charge in [-0.15, -0.1) is 11.8 Å². The summed E-state index contributed by atoms with van der Waals surface area (Å²) < 4.78 is 17.2. The molecule has 194 valence electrons. The zero-order valence-corrected chi connectivity index (χ0v) is 22.2. The van der Waals surface area contributed by atoms with E-state index in [4.69, 9.17) is 25.0 Å². The van der Waals surface area contributed by atoms with Crippen LogP contribution in [0.3, 0.4) is 0 Å². The molecule has 1 atom stereocenters. The highest BCUT2D eigenvalue weighted by molar-refractivity contribution is 8.09. The number of nitrogens with zero attached hydrogens (tertiary/aromatic N) is 3. The lowest BCUT2D eigenvalue weighted by Gasteiger charge is -2.25. The Morgan fingerprint density at radius 1 is 1.25 bits per heavy atom. The van der Waals surface area contributed by atoms with Crippen LogP contribution in [0.25, 0.3) is 4.91 Å². The number of fused-ring (bicyclic) bond motifs is 1. The molecule has 0 fully saturated rings. The lowest BCUT2D eigenvalue weighted by molar-refractivity contribution is -0.131. The van der Waals surface area contributed by atoms with E-state index < -0.39 is 0 Å². The van der Waals surface area contributed by atoms with Crippen molar-refractivity contribution in [1.82, 2.24) is 14.7 Å². The first-order valence-corrected chi connectivity index (χ1v) is 12.8. The van der Waals surface area contributed by atoms with Crippen LogP contribution in [0.4, 0.5) is 0 Å². The van der Waals surface area contributed by atoms with Gasteiger partial charge in [0, 0.05) is 45.1 Å². The number of amides is 1. The van der Waals surface area contributed by atoms with E-state index in [1.165, 1.54) is 16.4 Å². The van der Waals surface area contributed by atoms with Crippen LogP contribution in [-0.2, 0) is 27.1 Å². The highest BCUT2D eigenvalue weighted by Crippen LogP contribution is 2.30. The van der Waals surface area contributed by atoms with Crippen molar-refractivity contribution in [2.75, 3.05) is 47.1 Å². The summed E-state index contributed by atoms with van der Waals surface area (Å²) in [5, 5.41) is 21.2. The maximum Gasteiger partial charge on any atom is 0.235 e. The van der Waals surface area contributed by atoms with Gasteiger partial charge in [0.1, 0.15) is 17.1 Å². The highest BCUT2D eigenvalue weighted by Gasteiger charge is 2.23. The Labute approximate surface area is 216 Å². The molecule has 3 rings (SSSR count). The maximum absolute atomic E-state index is 13.1. The van der Waals surface area contributed by atoms with Gasteiger partial charge in [0.2, 0.25) is 5.91 Å². The minimum absolute atomic E-state index is 0.00762. The van der Waals surface area contributed by atoms with Crippen LogP contribution < -0.4 is 10.2 Å². The predicted molar refractivity (Wildman–Crippen MR) is 142 cm³/mol. The molecule has 2 heterocycles. The fourth-order valence-corrected chi connectivity index (χ4v) is 4.88. The molecule has 0 saturated heterocycles. The molecule has 0 aliphatic carbocycles. The second-order valence-corrected chi connectivity index (χ2v) is 9.79. The van der Waals surface area contributed by atoms with Crippen LogP contribution in [0.1, 0.15) is 30.7 Å². The molecule has 36 heavy (non-hydrogen) atoms. The van der Waals surface area contributed by atoms with Crippen molar-refractivity contribution in [2.24, 2.45) is 0 Å². The SMILES string of the molecule is C/C=C(\SC(C)C(=O)N(CCOC)CCOC)c1ccc(=N)n(C(=N)Cc2ccc3c(c2)CCO3)n1. The topological polar surface area (TPSA) is 114 Å². The van der Waals surface area contributed by atoms with E-state index in [-0.39, 0.29) is 22.5 Å². The molecule has 0 bridgehead atoms. The minimum Gasteiger partial charge on any atom is -0.493 e. The molecule has 0 spiro atoms. The molecule has 1 aromatic carbocycles. The van der Waals surface area contributed by atoms with E-state index in [9.17, 15) is 4.79 Å². The molecular formula is C26H35N5O4S. The summed E-state index contributed by atoms with van der Waals surface area (Å²) in [7, 11) is 3.23. The molecule has 1 aliphatic rings. The van der Waals surface area contributed by atoms with Gasteiger partial charge in [0.25, 0.3) is 0 Å². The molecule has 10 heteroatoms. The van der Waals surface area contributed by atoms with Crippen molar-refractivity contribution in [2.45, 2.75) is 31.9 Å². The smallest absolute Gasteiger partial charge is 0.235 e. The molecular weight excluding hydrogens is 478 g/mol. The van der Waals surface area contributed by atoms with Crippen molar-refractivity contribution in [3.8, 4) is 5.75 Å². The molecule has 0 saturated carbocycles. The summed E-state index contributed by atoms with van der Waals surface area (Å²) in [5.74, 6) is 1.10. The normalized spacial score (nSPS) is 13.7.